The van der Waals surface area contributed by atoms with Crippen molar-refractivity contribution < 1.29 is 14.1 Å². The Kier molecular flexibility index (Phi) is 7.11. The Labute approximate surface area is 146 Å². The van der Waals surface area contributed by atoms with Gasteiger partial charge in [0.1, 0.15) is 5.76 Å². The quantitative estimate of drug-likeness (QED) is 0.738. The molecule has 0 saturated carbocycles. The largest absolute Gasteiger partial charge is 0.360 e. The van der Waals surface area contributed by atoms with E-state index in [4.69, 9.17) is 4.52 Å². The predicted octanol–water partition coefficient (Wildman–Crippen LogP) is 1.64. The van der Waals surface area contributed by atoms with Crippen LogP contribution in [0, 0.1) is 6.92 Å². The van der Waals surface area contributed by atoms with Gasteiger partial charge in [-0.1, -0.05) is 12.1 Å². The molecular formula is C16H26N4O3S. The van der Waals surface area contributed by atoms with E-state index in [9.17, 15) is 9.59 Å². The molecule has 2 rings (SSSR count). The molecule has 2 amide bonds. The zero-order valence-electron chi connectivity index (χ0n) is 14.5. The predicted molar refractivity (Wildman–Crippen MR) is 95.1 cm³/mol. The molecule has 0 radical (unpaired) electrons. The van der Waals surface area contributed by atoms with Crippen molar-refractivity contribution in [2.45, 2.75) is 44.9 Å². The van der Waals surface area contributed by atoms with Crippen molar-refractivity contribution in [2.75, 3.05) is 30.7 Å². The topological polar surface area (TPSA) is 87.5 Å². The molecule has 0 bridgehead atoms. The molecule has 1 aliphatic rings. The third-order valence-corrected chi connectivity index (χ3v) is 5.09. The molecule has 0 aliphatic carbocycles. The summed E-state index contributed by atoms with van der Waals surface area (Å²) in [5.41, 5.74) is 0. The summed E-state index contributed by atoms with van der Waals surface area (Å²) in [6.45, 7) is 8.22. The van der Waals surface area contributed by atoms with Gasteiger partial charge in [-0.15, -0.1) is 11.8 Å². The molecule has 1 aliphatic heterocycles. The molecule has 1 aromatic rings. The first kappa shape index (κ1) is 18.8. The maximum absolute atomic E-state index is 12.5. The van der Waals surface area contributed by atoms with Gasteiger partial charge in [-0.3, -0.25) is 9.59 Å². The Bertz CT molecular complexity index is 557. The second-order valence-electron chi connectivity index (χ2n) is 6.00. The summed E-state index contributed by atoms with van der Waals surface area (Å²) in [5, 5.41) is 9.40. The number of anilines is 1. The van der Waals surface area contributed by atoms with E-state index in [1.54, 1.807) is 19.9 Å². The lowest BCUT2D eigenvalue weighted by atomic mass is 10.2. The van der Waals surface area contributed by atoms with Crippen LogP contribution in [0.4, 0.5) is 5.82 Å². The third kappa shape index (κ3) is 5.24. The number of carbonyl (C=O) groups excluding carboxylic acids is 2. The van der Waals surface area contributed by atoms with Gasteiger partial charge in [-0.25, -0.2) is 0 Å². The maximum atomic E-state index is 12.5. The summed E-state index contributed by atoms with van der Waals surface area (Å²) in [5.74, 6) is 1.28. The minimum atomic E-state index is -0.337. The van der Waals surface area contributed by atoms with E-state index in [0.29, 0.717) is 17.3 Å². The molecule has 1 fully saturated rings. The lowest BCUT2D eigenvalue weighted by Crippen LogP contribution is -2.43. The number of nitrogens with zero attached hydrogens (tertiary/aromatic N) is 2. The van der Waals surface area contributed by atoms with Gasteiger partial charge in [0.05, 0.1) is 11.0 Å². The average Bonchev–Trinajstić information content (AvgIpc) is 3.21. The van der Waals surface area contributed by atoms with E-state index in [-0.39, 0.29) is 23.1 Å². The highest BCUT2D eigenvalue weighted by molar-refractivity contribution is 8.01. The number of aryl methyl sites for hydroxylation is 1. The molecule has 2 unspecified atom stereocenters. The normalized spacial score (nSPS) is 18.4. The SMILES string of the molecule is CCCN(C(=O)CSC(C)C(=O)Nc1cc(C)on1)C1CCNC1. The Morgan fingerprint density at radius 1 is 1.58 bits per heavy atom. The van der Waals surface area contributed by atoms with Gasteiger partial charge in [-0.05, 0) is 33.2 Å². The number of amides is 2. The monoisotopic (exact) mass is 354 g/mol. The van der Waals surface area contributed by atoms with Gasteiger partial charge < -0.3 is 20.1 Å². The van der Waals surface area contributed by atoms with Crippen LogP contribution in [-0.4, -0.2) is 58.5 Å². The van der Waals surface area contributed by atoms with Crippen LogP contribution >= 0.6 is 11.8 Å². The number of nitrogens with one attached hydrogen (secondary N) is 2. The summed E-state index contributed by atoms with van der Waals surface area (Å²) < 4.78 is 4.92. The Hall–Kier alpha value is -1.54. The Morgan fingerprint density at radius 3 is 2.96 bits per heavy atom. The lowest BCUT2D eigenvalue weighted by Gasteiger charge is -2.28. The van der Waals surface area contributed by atoms with Crippen LogP contribution < -0.4 is 10.6 Å². The first-order chi connectivity index (χ1) is 11.5. The fourth-order valence-corrected chi connectivity index (χ4v) is 3.43. The molecule has 8 heteroatoms. The maximum Gasteiger partial charge on any atom is 0.238 e. The van der Waals surface area contributed by atoms with E-state index >= 15 is 0 Å². The highest BCUT2D eigenvalue weighted by Crippen LogP contribution is 2.17. The minimum Gasteiger partial charge on any atom is -0.360 e. The van der Waals surface area contributed by atoms with Gasteiger partial charge in [0, 0.05) is 25.2 Å². The van der Waals surface area contributed by atoms with Crippen molar-refractivity contribution in [3.63, 3.8) is 0 Å². The van der Waals surface area contributed by atoms with Crippen LogP contribution in [0.15, 0.2) is 10.6 Å². The van der Waals surface area contributed by atoms with Crippen LogP contribution in [0.5, 0.6) is 0 Å². The van der Waals surface area contributed by atoms with E-state index in [0.717, 1.165) is 32.5 Å². The average molecular weight is 354 g/mol. The van der Waals surface area contributed by atoms with Gasteiger partial charge in [0.15, 0.2) is 5.82 Å². The van der Waals surface area contributed by atoms with Gasteiger partial charge in [0.2, 0.25) is 11.8 Å². The van der Waals surface area contributed by atoms with E-state index in [2.05, 4.69) is 22.7 Å². The van der Waals surface area contributed by atoms with Crippen molar-refractivity contribution in [2.24, 2.45) is 0 Å². The lowest BCUT2D eigenvalue weighted by molar-refractivity contribution is -0.130. The van der Waals surface area contributed by atoms with Crippen molar-refractivity contribution in [1.82, 2.24) is 15.4 Å². The summed E-state index contributed by atoms with van der Waals surface area (Å²) in [6, 6.07) is 1.94. The summed E-state index contributed by atoms with van der Waals surface area (Å²) in [4.78, 5) is 26.6. The molecule has 24 heavy (non-hydrogen) atoms. The van der Waals surface area contributed by atoms with Crippen molar-refractivity contribution >= 4 is 29.4 Å². The Balaban J connectivity index is 1.81. The highest BCUT2D eigenvalue weighted by Gasteiger charge is 2.26. The zero-order valence-corrected chi connectivity index (χ0v) is 15.3. The molecule has 2 N–H and O–H groups in total. The smallest absolute Gasteiger partial charge is 0.238 e. The molecule has 2 heterocycles. The van der Waals surface area contributed by atoms with Gasteiger partial charge in [-0.2, -0.15) is 0 Å². The Morgan fingerprint density at radius 2 is 2.38 bits per heavy atom. The summed E-state index contributed by atoms with van der Waals surface area (Å²) in [6.07, 6.45) is 1.94. The number of hydrogen-bond donors (Lipinski definition) is 2. The van der Waals surface area contributed by atoms with Crippen molar-refractivity contribution in [1.29, 1.82) is 0 Å². The number of thioether (sulfide) groups is 1. The van der Waals surface area contributed by atoms with Crippen molar-refractivity contribution in [3.05, 3.63) is 11.8 Å². The molecule has 0 spiro atoms. The fourth-order valence-electron chi connectivity index (χ4n) is 2.67. The molecule has 0 aromatic carbocycles. The van der Waals surface area contributed by atoms with Gasteiger partial charge >= 0.3 is 0 Å². The van der Waals surface area contributed by atoms with Crippen LogP contribution in [0.3, 0.4) is 0 Å². The number of aromatic nitrogens is 1. The van der Waals surface area contributed by atoms with Crippen LogP contribution in [0.2, 0.25) is 0 Å². The van der Waals surface area contributed by atoms with Crippen molar-refractivity contribution in [3.8, 4) is 0 Å². The minimum absolute atomic E-state index is 0.104. The summed E-state index contributed by atoms with van der Waals surface area (Å²) >= 11 is 1.35. The second kappa shape index (κ2) is 9.08. The van der Waals surface area contributed by atoms with E-state index < -0.39 is 0 Å². The van der Waals surface area contributed by atoms with Crippen LogP contribution in [-0.2, 0) is 9.59 Å². The summed E-state index contributed by atoms with van der Waals surface area (Å²) in [7, 11) is 0. The number of hydrogen-bond acceptors (Lipinski definition) is 6. The third-order valence-electron chi connectivity index (χ3n) is 3.97. The second-order valence-corrected chi connectivity index (χ2v) is 7.33. The highest BCUT2D eigenvalue weighted by atomic mass is 32.2. The van der Waals surface area contributed by atoms with Crippen LogP contribution in [0.1, 0.15) is 32.4 Å². The van der Waals surface area contributed by atoms with Crippen LogP contribution in [0.25, 0.3) is 0 Å². The van der Waals surface area contributed by atoms with Gasteiger partial charge in [0.25, 0.3) is 0 Å². The molecule has 2 atom stereocenters. The standard InChI is InChI=1S/C16H26N4O3S/c1-4-7-20(13-5-6-17-9-13)15(21)10-24-12(3)16(22)18-14-8-11(2)23-19-14/h8,12-13,17H,4-7,9-10H2,1-3H3,(H,18,19,22). The molecule has 7 nitrogen and oxygen atoms in total. The zero-order chi connectivity index (χ0) is 17.5. The molecule has 1 saturated heterocycles. The van der Waals surface area contributed by atoms with E-state index in [1.807, 2.05) is 4.90 Å². The fraction of sp³-hybridized carbons (Fsp3) is 0.688. The number of carbonyl (C=O) groups is 2. The first-order valence-corrected chi connectivity index (χ1v) is 9.42. The van der Waals surface area contributed by atoms with E-state index in [1.165, 1.54) is 11.8 Å². The molecule has 134 valence electrons. The molecular weight excluding hydrogens is 328 g/mol. The first-order valence-electron chi connectivity index (χ1n) is 8.37. The molecule has 1 aromatic heterocycles. The number of rotatable bonds is 8.